The smallest absolute Gasteiger partial charge is 0.162 e. The molecule has 0 aliphatic carbocycles. The fraction of sp³-hybridized carbons (Fsp3) is 0.182. The second-order valence-electron chi connectivity index (χ2n) is 2.88. The van der Waals surface area contributed by atoms with E-state index in [1.807, 2.05) is 12.1 Å². The van der Waals surface area contributed by atoms with E-state index in [0.29, 0.717) is 5.56 Å². The molecule has 13 heavy (non-hydrogen) atoms. The van der Waals surface area contributed by atoms with Crippen LogP contribution in [0.15, 0.2) is 30.8 Å². The van der Waals surface area contributed by atoms with Crippen LogP contribution >= 0.6 is 0 Å². The van der Waals surface area contributed by atoms with Gasteiger partial charge in [-0.25, -0.2) is 0 Å². The van der Waals surface area contributed by atoms with Crippen LogP contribution in [-0.4, -0.2) is 10.9 Å². The molecule has 68 valence electrons. The van der Waals surface area contributed by atoms with Crippen LogP contribution in [0.5, 0.6) is 0 Å². The van der Waals surface area contributed by atoms with Crippen LogP contribution in [0.3, 0.4) is 0 Å². The summed E-state index contributed by atoms with van der Waals surface area (Å²) < 4.78 is 0. The molecule has 1 rings (SSSR count). The molecule has 0 radical (unpaired) electrons. The Balaban J connectivity index is 2.91. The first-order chi connectivity index (χ1) is 6.15. The summed E-state index contributed by atoms with van der Waals surface area (Å²) >= 11 is 0. The number of aliphatic hydroxyl groups excluding tert-OH is 1. The summed E-state index contributed by atoms with van der Waals surface area (Å²) in [7, 11) is 0. The first-order valence-corrected chi connectivity index (χ1v) is 4.06. The molecule has 0 aromatic heterocycles. The van der Waals surface area contributed by atoms with E-state index in [-0.39, 0.29) is 5.78 Å². The molecule has 1 unspecified atom stereocenters. The maximum atomic E-state index is 10.8. The van der Waals surface area contributed by atoms with Gasteiger partial charge >= 0.3 is 0 Å². The van der Waals surface area contributed by atoms with Crippen molar-refractivity contribution < 1.29 is 9.90 Å². The molecule has 0 spiro atoms. The summed E-state index contributed by atoms with van der Waals surface area (Å²) in [6.45, 7) is 4.98. The molecule has 0 aliphatic heterocycles. The van der Waals surface area contributed by atoms with Gasteiger partial charge in [0.25, 0.3) is 0 Å². The summed E-state index contributed by atoms with van der Waals surface area (Å²) in [6.07, 6.45) is 0.711. The molecule has 0 saturated carbocycles. The highest BCUT2D eigenvalue weighted by Gasteiger charge is 2.11. The fourth-order valence-corrected chi connectivity index (χ4v) is 1.05. The largest absolute Gasteiger partial charge is 0.381 e. The molecule has 1 atom stereocenters. The molecule has 1 aromatic carbocycles. The van der Waals surface area contributed by atoms with E-state index in [2.05, 4.69) is 6.58 Å². The molecule has 0 bridgehead atoms. The number of carbonyl (C=O) groups is 1. The number of benzene rings is 1. The Morgan fingerprint density at radius 1 is 1.46 bits per heavy atom. The van der Waals surface area contributed by atoms with Gasteiger partial charge in [0.15, 0.2) is 5.78 Å². The van der Waals surface area contributed by atoms with Crippen LogP contribution < -0.4 is 0 Å². The quantitative estimate of drug-likeness (QED) is 0.764. The summed E-state index contributed by atoms with van der Waals surface area (Å²) in [6, 6.07) is 7.08. The van der Waals surface area contributed by atoms with Crippen molar-refractivity contribution in [3.05, 3.63) is 42.0 Å². The van der Waals surface area contributed by atoms with E-state index < -0.39 is 6.10 Å². The van der Waals surface area contributed by atoms with Crippen molar-refractivity contribution in [1.29, 1.82) is 0 Å². The highest BCUT2D eigenvalue weighted by atomic mass is 16.3. The monoisotopic (exact) mass is 176 g/mol. The van der Waals surface area contributed by atoms with Crippen molar-refractivity contribution >= 4 is 11.9 Å². The van der Waals surface area contributed by atoms with Gasteiger partial charge < -0.3 is 5.11 Å². The van der Waals surface area contributed by atoms with E-state index in [9.17, 15) is 9.90 Å². The average Bonchev–Trinajstić information content (AvgIpc) is 2.17. The highest BCUT2D eigenvalue weighted by molar-refractivity contribution is 5.81. The zero-order chi connectivity index (χ0) is 9.84. The van der Waals surface area contributed by atoms with Gasteiger partial charge in [-0.15, -0.1) is 0 Å². The van der Waals surface area contributed by atoms with Gasteiger partial charge in [-0.1, -0.05) is 36.9 Å². The van der Waals surface area contributed by atoms with Crippen LogP contribution in [0.2, 0.25) is 0 Å². The van der Waals surface area contributed by atoms with Gasteiger partial charge in [-0.2, -0.15) is 0 Å². The van der Waals surface area contributed by atoms with Crippen LogP contribution in [0, 0.1) is 0 Å². The lowest BCUT2D eigenvalue weighted by molar-refractivity contribution is -0.125. The van der Waals surface area contributed by atoms with Crippen LogP contribution in [0.25, 0.3) is 6.08 Å². The minimum absolute atomic E-state index is 0.244. The summed E-state index contributed by atoms with van der Waals surface area (Å²) in [4.78, 5) is 10.8. The third-order valence-electron chi connectivity index (χ3n) is 1.87. The Morgan fingerprint density at radius 2 is 2.00 bits per heavy atom. The molecule has 2 heteroatoms. The lowest BCUT2D eigenvalue weighted by atomic mass is 10.0. The molecule has 2 nitrogen and oxygen atoms in total. The number of ketones is 1. The van der Waals surface area contributed by atoms with E-state index >= 15 is 0 Å². The number of hydrogen-bond donors (Lipinski definition) is 1. The van der Waals surface area contributed by atoms with E-state index in [0.717, 1.165) is 5.56 Å². The highest BCUT2D eigenvalue weighted by Crippen LogP contribution is 2.14. The second kappa shape index (κ2) is 4.01. The third-order valence-corrected chi connectivity index (χ3v) is 1.87. The predicted molar refractivity (Wildman–Crippen MR) is 52.2 cm³/mol. The van der Waals surface area contributed by atoms with E-state index in [4.69, 9.17) is 0 Å². The van der Waals surface area contributed by atoms with Crippen molar-refractivity contribution in [3.8, 4) is 0 Å². The van der Waals surface area contributed by atoms with Gasteiger partial charge in [0, 0.05) is 0 Å². The Kier molecular flexibility index (Phi) is 2.98. The van der Waals surface area contributed by atoms with Crippen molar-refractivity contribution in [2.45, 2.75) is 13.0 Å². The molecule has 0 saturated heterocycles. The summed E-state index contributed by atoms with van der Waals surface area (Å²) in [5.74, 6) is -0.244. The molecule has 0 aliphatic rings. The number of carbonyl (C=O) groups excluding carboxylic acids is 1. The van der Waals surface area contributed by atoms with Crippen molar-refractivity contribution in [3.63, 3.8) is 0 Å². The number of hydrogen-bond acceptors (Lipinski definition) is 2. The summed E-state index contributed by atoms with van der Waals surface area (Å²) in [5, 5.41) is 9.39. The maximum Gasteiger partial charge on any atom is 0.162 e. The van der Waals surface area contributed by atoms with E-state index in [1.165, 1.54) is 6.92 Å². The van der Waals surface area contributed by atoms with Gasteiger partial charge in [0.05, 0.1) is 0 Å². The maximum absolute atomic E-state index is 10.8. The molecule has 0 fully saturated rings. The summed E-state index contributed by atoms with van der Waals surface area (Å²) in [5.41, 5.74) is 1.60. The minimum Gasteiger partial charge on any atom is -0.381 e. The molecular formula is C11H12O2. The molecule has 0 amide bonds. The third kappa shape index (κ3) is 2.26. The first kappa shape index (κ1) is 9.68. The standard InChI is InChI=1S/C11H12O2/c1-3-9-4-6-10(7-5-9)11(13)8(2)12/h3-7,11,13H,1H2,2H3. The van der Waals surface area contributed by atoms with Crippen LogP contribution in [0.4, 0.5) is 0 Å². The second-order valence-corrected chi connectivity index (χ2v) is 2.88. The normalized spacial score (nSPS) is 12.2. The zero-order valence-electron chi connectivity index (χ0n) is 7.53. The Hall–Kier alpha value is -1.41. The molecule has 0 heterocycles. The Bertz CT molecular complexity index is 311. The molecule has 1 aromatic rings. The number of rotatable bonds is 3. The molecule has 1 N–H and O–H groups in total. The average molecular weight is 176 g/mol. The van der Waals surface area contributed by atoms with Crippen molar-refractivity contribution in [1.82, 2.24) is 0 Å². The fourth-order valence-electron chi connectivity index (χ4n) is 1.05. The predicted octanol–water partition coefficient (Wildman–Crippen LogP) is 1.95. The number of Topliss-reactive ketones (excluding diaryl/α,β-unsaturated/α-hetero) is 1. The zero-order valence-corrected chi connectivity index (χ0v) is 7.53. The minimum atomic E-state index is -1.00. The Labute approximate surface area is 77.5 Å². The van der Waals surface area contributed by atoms with Gasteiger partial charge in [-0.3, -0.25) is 4.79 Å². The van der Waals surface area contributed by atoms with Crippen LogP contribution in [0.1, 0.15) is 24.2 Å². The molecular weight excluding hydrogens is 164 g/mol. The van der Waals surface area contributed by atoms with Gasteiger partial charge in [-0.05, 0) is 18.1 Å². The van der Waals surface area contributed by atoms with E-state index in [1.54, 1.807) is 18.2 Å². The number of aliphatic hydroxyl groups is 1. The van der Waals surface area contributed by atoms with Gasteiger partial charge in [0.1, 0.15) is 6.10 Å². The van der Waals surface area contributed by atoms with Crippen molar-refractivity contribution in [2.24, 2.45) is 0 Å². The van der Waals surface area contributed by atoms with Gasteiger partial charge in [0.2, 0.25) is 0 Å². The van der Waals surface area contributed by atoms with Crippen molar-refractivity contribution in [2.75, 3.05) is 0 Å². The SMILES string of the molecule is C=Cc1ccc(C(O)C(C)=O)cc1. The Morgan fingerprint density at radius 3 is 2.38 bits per heavy atom. The first-order valence-electron chi connectivity index (χ1n) is 4.06. The lowest BCUT2D eigenvalue weighted by Crippen LogP contribution is -2.06. The topological polar surface area (TPSA) is 37.3 Å². The lowest BCUT2D eigenvalue weighted by Gasteiger charge is -2.06. The van der Waals surface area contributed by atoms with Crippen LogP contribution in [-0.2, 0) is 4.79 Å².